The van der Waals surface area contributed by atoms with Crippen LogP contribution in [0.1, 0.15) is 10.4 Å². The number of hydrogen-bond acceptors (Lipinski definition) is 4. The van der Waals surface area contributed by atoms with Gasteiger partial charge in [-0.15, -0.1) is 0 Å². The standard InChI is InChI=1S/C11H8ClN3O2/c12-8-2-4-13-5-9(8)15-11(17)7-1-3-14-6-10(7)16/h1-6,16H,(H,15,17). The molecule has 6 heteroatoms. The third-order valence-electron chi connectivity index (χ3n) is 2.06. The van der Waals surface area contributed by atoms with Crippen molar-refractivity contribution in [3.8, 4) is 5.75 Å². The number of pyridine rings is 2. The molecule has 0 fully saturated rings. The lowest BCUT2D eigenvalue weighted by Gasteiger charge is -2.07. The van der Waals surface area contributed by atoms with E-state index >= 15 is 0 Å². The van der Waals surface area contributed by atoms with Gasteiger partial charge in [-0.05, 0) is 12.1 Å². The summed E-state index contributed by atoms with van der Waals surface area (Å²) < 4.78 is 0. The van der Waals surface area contributed by atoms with Gasteiger partial charge in [0.1, 0.15) is 5.75 Å². The Bertz CT molecular complexity index is 560. The summed E-state index contributed by atoms with van der Waals surface area (Å²) in [5, 5.41) is 12.4. The van der Waals surface area contributed by atoms with E-state index in [-0.39, 0.29) is 11.3 Å². The van der Waals surface area contributed by atoms with E-state index in [1.807, 2.05) is 0 Å². The highest BCUT2D eigenvalue weighted by Crippen LogP contribution is 2.21. The average molecular weight is 250 g/mol. The number of aromatic nitrogens is 2. The number of nitrogens with one attached hydrogen (secondary N) is 1. The zero-order valence-corrected chi connectivity index (χ0v) is 9.35. The van der Waals surface area contributed by atoms with Crippen molar-refractivity contribution >= 4 is 23.2 Å². The zero-order valence-electron chi connectivity index (χ0n) is 8.59. The summed E-state index contributed by atoms with van der Waals surface area (Å²) in [6.45, 7) is 0. The molecular formula is C11H8ClN3O2. The Balaban J connectivity index is 2.24. The molecule has 0 unspecified atom stereocenters. The van der Waals surface area contributed by atoms with E-state index in [0.717, 1.165) is 0 Å². The van der Waals surface area contributed by atoms with Gasteiger partial charge in [0.05, 0.1) is 28.7 Å². The molecule has 0 atom stereocenters. The van der Waals surface area contributed by atoms with Gasteiger partial charge in [-0.3, -0.25) is 14.8 Å². The van der Waals surface area contributed by atoms with Crippen molar-refractivity contribution in [2.24, 2.45) is 0 Å². The van der Waals surface area contributed by atoms with E-state index in [1.165, 1.54) is 30.9 Å². The predicted molar refractivity (Wildman–Crippen MR) is 63.1 cm³/mol. The lowest BCUT2D eigenvalue weighted by molar-refractivity contribution is 0.102. The quantitative estimate of drug-likeness (QED) is 0.855. The van der Waals surface area contributed by atoms with Crippen molar-refractivity contribution in [3.05, 3.63) is 47.5 Å². The largest absolute Gasteiger partial charge is 0.505 e. The molecule has 0 saturated heterocycles. The maximum absolute atomic E-state index is 11.8. The Morgan fingerprint density at radius 1 is 1.24 bits per heavy atom. The Hall–Kier alpha value is -2.14. The van der Waals surface area contributed by atoms with E-state index in [2.05, 4.69) is 15.3 Å². The van der Waals surface area contributed by atoms with Crippen molar-refractivity contribution in [1.82, 2.24) is 9.97 Å². The van der Waals surface area contributed by atoms with Crippen LogP contribution in [0.15, 0.2) is 36.9 Å². The first-order valence-corrected chi connectivity index (χ1v) is 5.10. The number of carbonyl (C=O) groups excluding carboxylic acids is 1. The molecule has 0 spiro atoms. The van der Waals surface area contributed by atoms with Crippen LogP contribution in [0.4, 0.5) is 5.69 Å². The minimum Gasteiger partial charge on any atom is -0.505 e. The lowest BCUT2D eigenvalue weighted by Crippen LogP contribution is -2.12. The van der Waals surface area contributed by atoms with Crippen LogP contribution in [0.25, 0.3) is 0 Å². The molecular weight excluding hydrogens is 242 g/mol. The van der Waals surface area contributed by atoms with Gasteiger partial charge in [0, 0.05) is 12.4 Å². The highest BCUT2D eigenvalue weighted by atomic mass is 35.5. The minimum atomic E-state index is -0.472. The van der Waals surface area contributed by atoms with Crippen LogP contribution in [0.2, 0.25) is 5.02 Å². The van der Waals surface area contributed by atoms with Crippen molar-refractivity contribution in [2.75, 3.05) is 5.32 Å². The van der Waals surface area contributed by atoms with E-state index in [4.69, 9.17) is 11.6 Å². The van der Waals surface area contributed by atoms with Gasteiger partial charge < -0.3 is 10.4 Å². The first kappa shape index (κ1) is 11.3. The van der Waals surface area contributed by atoms with Gasteiger partial charge in [0.15, 0.2) is 0 Å². The van der Waals surface area contributed by atoms with Gasteiger partial charge in [-0.25, -0.2) is 0 Å². The SMILES string of the molecule is O=C(Nc1cnccc1Cl)c1ccncc1O. The van der Waals surface area contributed by atoms with Gasteiger partial charge in [-0.1, -0.05) is 11.6 Å². The first-order valence-electron chi connectivity index (χ1n) is 4.72. The molecule has 2 rings (SSSR count). The normalized spacial score (nSPS) is 9.94. The second-order valence-electron chi connectivity index (χ2n) is 3.20. The second-order valence-corrected chi connectivity index (χ2v) is 3.61. The topological polar surface area (TPSA) is 75.1 Å². The van der Waals surface area contributed by atoms with E-state index in [9.17, 15) is 9.90 Å². The fraction of sp³-hybridized carbons (Fsp3) is 0. The monoisotopic (exact) mass is 249 g/mol. The smallest absolute Gasteiger partial charge is 0.259 e. The second kappa shape index (κ2) is 4.80. The fourth-order valence-corrected chi connectivity index (χ4v) is 1.39. The van der Waals surface area contributed by atoms with Crippen molar-refractivity contribution in [3.63, 3.8) is 0 Å². The molecule has 2 aromatic rings. The Morgan fingerprint density at radius 2 is 1.94 bits per heavy atom. The number of halogens is 1. The Morgan fingerprint density at radius 3 is 2.65 bits per heavy atom. The van der Waals surface area contributed by atoms with Gasteiger partial charge in [-0.2, -0.15) is 0 Å². The van der Waals surface area contributed by atoms with Crippen LogP contribution in [0.5, 0.6) is 5.75 Å². The summed E-state index contributed by atoms with van der Waals surface area (Å²) in [7, 11) is 0. The molecule has 0 saturated carbocycles. The molecule has 1 amide bonds. The number of rotatable bonds is 2. The average Bonchev–Trinajstić information content (AvgIpc) is 2.32. The first-order chi connectivity index (χ1) is 8.18. The molecule has 5 nitrogen and oxygen atoms in total. The van der Waals surface area contributed by atoms with Crippen molar-refractivity contribution in [2.45, 2.75) is 0 Å². The van der Waals surface area contributed by atoms with Crippen molar-refractivity contribution in [1.29, 1.82) is 0 Å². The Labute approximate surface area is 102 Å². The molecule has 17 heavy (non-hydrogen) atoms. The number of hydrogen-bond donors (Lipinski definition) is 2. The summed E-state index contributed by atoms with van der Waals surface area (Å²) in [6.07, 6.45) is 5.56. The maximum atomic E-state index is 11.8. The summed E-state index contributed by atoms with van der Waals surface area (Å²) in [5.41, 5.74) is 0.510. The molecule has 0 aliphatic carbocycles. The van der Waals surface area contributed by atoms with Crippen LogP contribution < -0.4 is 5.32 Å². The number of nitrogens with zero attached hydrogens (tertiary/aromatic N) is 2. The van der Waals surface area contributed by atoms with Gasteiger partial charge >= 0.3 is 0 Å². The molecule has 2 aromatic heterocycles. The molecule has 0 radical (unpaired) electrons. The van der Waals surface area contributed by atoms with Crippen LogP contribution in [-0.4, -0.2) is 21.0 Å². The summed E-state index contributed by atoms with van der Waals surface area (Å²) in [5.74, 6) is -0.662. The molecule has 0 aromatic carbocycles. The lowest BCUT2D eigenvalue weighted by atomic mass is 10.2. The molecule has 0 bridgehead atoms. The zero-order chi connectivity index (χ0) is 12.3. The molecule has 2 heterocycles. The number of amides is 1. The summed E-state index contributed by atoms with van der Waals surface area (Å²) >= 11 is 5.87. The summed E-state index contributed by atoms with van der Waals surface area (Å²) in [4.78, 5) is 19.3. The predicted octanol–water partition coefficient (Wildman–Crippen LogP) is 2.09. The van der Waals surface area contributed by atoms with Crippen LogP contribution >= 0.6 is 11.6 Å². The third kappa shape index (κ3) is 2.51. The third-order valence-corrected chi connectivity index (χ3v) is 2.39. The summed E-state index contributed by atoms with van der Waals surface area (Å²) in [6, 6.07) is 2.97. The van der Waals surface area contributed by atoms with E-state index in [0.29, 0.717) is 10.7 Å². The molecule has 86 valence electrons. The fourth-order valence-electron chi connectivity index (χ4n) is 1.24. The molecule has 0 aliphatic rings. The maximum Gasteiger partial charge on any atom is 0.259 e. The minimum absolute atomic E-state index is 0.125. The van der Waals surface area contributed by atoms with Crippen molar-refractivity contribution < 1.29 is 9.90 Å². The highest BCUT2D eigenvalue weighted by molar-refractivity contribution is 6.33. The van der Waals surface area contributed by atoms with Gasteiger partial charge in [0.2, 0.25) is 0 Å². The number of carbonyl (C=O) groups is 1. The van der Waals surface area contributed by atoms with Crippen LogP contribution in [-0.2, 0) is 0 Å². The van der Waals surface area contributed by atoms with E-state index < -0.39 is 5.91 Å². The van der Waals surface area contributed by atoms with Crippen LogP contribution in [0.3, 0.4) is 0 Å². The van der Waals surface area contributed by atoms with E-state index in [1.54, 1.807) is 6.07 Å². The highest BCUT2D eigenvalue weighted by Gasteiger charge is 2.12. The molecule has 0 aliphatic heterocycles. The molecule has 2 N–H and O–H groups in total. The Kier molecular flexibility index (Phi) is 3.20. The van der Waals surface area contributed by atoms with Gasteiger partial charge in [0.25, 0.3) is 5.91 Å². The van der Waals surface area contributed by atoms with Crippen LogP contribution in [0, 0.1) is 0 Å². The number of aromatic hydroxyl groups is 1. The number of anilines is 1.